The average molecular weight is 435 g/mol. The van der Waals surface area contributed by atoms with Gasteiger partial charge in [0.2, 0.25) is 17.7 Å². The number of halogens is 3. The monoisotopic (exact) mass is 435 g/mol. The van der Waals surface area contributed by atoms with Crippen molar-refractivity contribution in [1.82, 2.24) is 15.1 Å². The topological polar surface area (TPSA) is 86.8 Å². The molecule has 0 aromatic rings. The van der Waals surface area contributed by atoms with Crippen molar-refractivity contribution in [1.29, 1.82) is 0 Å². The Morgan fingerprint density at radius 2 is 1.83 bits per heavy atom. The van der Waals surface area contributed by atoms with Gasteiger partial charge in [0.15, 0.2) is 0 Å². The Labute approximate surface area is 175 Å². The minimum absolute atomic E-state index is 0.0630. The third-order valence-electron chi connectivity index (χ3n) is 5.76. The lowest BCUT2D eigenvalue weighted by atomic mass is 9.93. The van der Waals surface area contributed by atoms with Gasteiger partial charge in [-0.1, -0.05) is 26.7 Å². The highest BCUT2D eigenvalue weighted by Gasteiger charge is 2.46. The van der Waals surface area contributed by atoms with Crippen LogP contribution in [-0.4, -0.2) is 72.2 Å². The number of rotatable bonds is 10. The van der Waals surface area contributed by atoms with E-state index in [0.717, 1.165) is 24.7 Å². The van der Waals surface area contributed by atoms with Crippen molar-refractivity contribution >= 4 is 24.0 Å². The Morgan fingerprint density at radius 3 is 2.33 bits per heavy atom. The number of amides is 3. The number of nitrogens with zero attached hydrogens (tertiary/aromatic N) is 2. The fraction of sp³-hybridized carbons (Fsp3) is 0.800. The SMILES string of the molecule is CCC(CC)CC(NC(=O)C1CCCN1C(=O)C(C)C(F)(F)F)C(=O)N(C)CC=O. The molecule has 0 bridgehead atoms. The van der Waals surface area contributed by atoms with Crippen molar-refractivity contribution in [2.45, 2.75) is 71.1 Å². The second kappa shape index (κ2) is 11.3. The van der Waals surface area contributed by atoms with Gasteiger partial charge in [-0.05, 0) is 32.1 Å². The summed E-state index contributed by atoms with van der Waals surface area (Å²) in [5.41, 5.74) is 0. The summed E-state index contributed by atoms with van der Waals surface area (Å²) < 4.78 is 38.9. The predicted molar refractivity (Wildman–Crippen MR) is 104 cm³/mol. The second-order valence-electron chi connectivity index (χ2n) is 7.82. The van der Waals surface area contributed by atoms with Crippen molar-refractivity contribution in [3.63, 3.8) is 0 Å². The lowest BCUT2D eigenvalue weighted by Gasteiger charge is -2.30. The van der Waals surface area contributed by atoms with Crippen LogP contribution in [0.4, 0.5) is 13.2 Å². The maximum Gasteiger partial charge on any atom is 0.400 e. The Kier molecular flexibility index (Phi) is 9.77. The first-order valence-corrected chi connectivity index (χ1v) is 10.3. The van der Waals surface area contributed by atoms with E-state index in [1.807, 2.05) is 13.8 Å². The lowest BCUT2D eigenvalue weighted by molar-refractivity contribution is -0.186. The van der Waals surface area contributed by atoms with Crippen LogP contribution >= 0.6 is 0 Å². The normalized spacial score (nSPS) is 18.8. The van der Waals surface area contributed by atoms with Gasteiger partial charge >= 0.3 is 6.18 Å². The molecule has 0 aromatic carbocycles. The van der Waals surface area contributed by atoms with Gasteiger partial charge in [-0.3, -0.25) is 14.4 Å². The Hall–Kier alpha value is -2.13. The van der Waals surface area contributed by atoms with Crippen molar-refractivity contribution in [3.05, 3.63) is 0 Å². The number of likely N-dealkylation sites (tertiary alicyclic amines) is 1. The summed E-state index contributed by atoms with van der Waals surface area (Å²) in [5, 5.41) is 2.64. The van der Waals surface area contributed by atoms with E-state index in [1.165, 1.54) is 11.9 Å². The number of carbonyl (C=O) groups is 4. The summed E-state index contributed by atoms with van der Waals surface area (Å²) in [7, 11) is 1.44. The first-order valence-electron chi connectivity index (χ1n) is 10.3. The van der Waals surface area contributed by atoms with Gasteiger partial charge < -0.3 is 19.9 Å². The van der Waals surface area contributed by atoms with Crippen LogP contribution in [0.5, 0.6) is 0 Å². The number of alkyl halides is 3. The summed E-state index contributed by atoms with van der Waals surface area (Å²) in [6.07, 6.45) is -1.56. The zero-order chi connectivity index (χ0) is 23.1. The molecule has 30 heavy (non-hydrogen) atoms. The van der Waals surface area contributed by atoms with E-state index in [9.17, 15) is 32.3 Å². The van der Waals surface area contributed by atoms with E-state index in [4.69, 9.17) is 0 Å². The maximum absolute atomic E-state index is 13.0. The highest BCUT2D eigenvalue weighted by molar-refractivity contribution is 5.93. The van der Waals surface area contributed by atoms with E-state index in [0.29, 0.717) is 19.1 Å². The molecule has 7 nitrogen and oxygen atoms in total. The Bertz CT molecular complexity index is 623. The first-order chi connectivity index (χ1) is 14.0. The number of hydrogen-bond acceptors (Lipinski definition) is 4. The standard InChI is InChI=1S/C20H32F3N3O4/c1-5-14(6-2)12-15(19(30)25(4)10-11-27)24-17(28)16-8-7-9-26(16)18(29)13(3)20(21,22)23/h11,13-16H,5-10,12H2,1-4H3,(H,24,28). The second-order valence-corrected chi connectivity index (χ2v) is 7.82. The molecule has 1 saturated heterocycles. The summed E-state index contributed by atoms with van der Waals surface area (Å²) in [5.74, 6) is -4.27. The number of hydrogen-bond donors (Lipinski definition) is 1. The predicted octanol–water partition coefficient (Wildman–Crippen LogP) is 2.14. The zero-order valence-corrected chi connectivity index (χ0v) is 18.0. The minimum atomic E-state index is -4.69. The zero-order valence-electron chi connectivity index (χ0n) is 18.0. The molecule has 3 unspecified atom stereocenters. The van der Waals surface area contributed by atoms with Gasteiger partial charge in [0, 0.05) is 13.6 Å². The Balaban J connectivity index is 2.99. The quantitative estimate of drug-likeness (QED) is 0.533. The third-order valence-corrected chi connectivity index (χ3v) is 5.76. The van der Waals surface area contributed by atoms with Gasteiger partial charge in [0.1, 0.15) is 24.3 Å². The van der Waals surface area contributed by atoms with Crippen LogP contribution in [0.25, 0.3) is 0 Å². The van der Waals surface area contributed by atoms with E-state index >= 15 is 0 Å². The molecule has 1 aliphatic heterocycles. The number of carbonyl (C=O) groups excluding carboxylic acids is 4. The van der Waals surface area contributed by atoms with E-state index in [-0.39, 0.29) is 25.4 Å². The molecule has 0 spiro atoms. The molecule has 10 heteroatoms. The summed E-state index contributed by atoms with van der Waals surface area (Å²) >= 11 is 0. The largest absolute Gasteiger partial charge is 0.400 e. The summed E-state index contributed by atoms with van der Waals surface area (Å²) in [4.78, 5) is 50.8. The number of aldehydes is 1. The van der Waals surface area contributed by atoms with Crippen LogP contribution in [-0.2, 0) is 19.2 Å². The van der Waals surface area contributed by atoms with Crippen LogP contribution < -0.4 is 5.32 Å². The molecule has 1 aliphatic rings. The van der Waals surface area contributed by atoms with Crippen LogP contribution in [0.3, 0.4) is 0 Å². The molecule has 0 aliphatic carbocycles. The van der Waals surface area contributed by atoms with Gasteiger partial charge in [0.25, 0.3) is 0 Å². The molecule has 1 N–H and O–H groups in total. The van der Waals surface area contributed by atoms with Gasteiger partial charge in [-0.2, -0.15) is 13.2 Å². The van der Waals surface area contributed by atoms with Gasteiger partial charge in [-0.15, -0.1) is 0 Å². The van der Waals surface area contributed by atoms with E-state index < -0.39 is 41.9 Å². The molecule has 1 fully saturated rings. The van der Waals surface area contributed by atoms with Crippen molar-refractivity contribution in [2.24, 2.45) is 11.8 Å². The minimum Gasteiger partial charge on any atom is -0.342 e. The fourth-order valence-corrected chi connectivity index (χ4v) is 3.60. The summed E-state index contributed by atoms with van der Waals surface area (Å²) in [6, 6.07) is -1.96. The maximum atomic E-state index is 13.0. The highest BCUT2D eigenvalue weighted by atomic mass is 19.4. The smallest absolute Gasteiger partial charge is 0.342 e. The molecule has 3 atom stereocenters. The number of nitrogens with one attached hydrogen (secondary N) is 1. The van der Waals surface area contributed by atoms with Crippen molar-refractivity contribution in [2.75, 3.05) is 20.1 Å². The first kappa shape index (κ1) is 25.9. The molecular weight excluding hydrogens is 403 g/mol. The van der Waals surface area contributed by atoms with Crippen LogP contribution in [0.2, 0.25) is 0 Å². The molecular formula is C20H32F3N3O4. The molecule has 0 radical (unpaired) electrons. The molecule has 1 heterocycles. The van der Waals surface area contributed by atoms with Gasteiger partial charge in [-0.25, -0.2) is 0 Å². The van der Waals surface area contributed by atoms with Gasteiger partial charge in [0.05, 0.1) is 6.54 Å². The van der Waals surface area contributed by atoms with Crippen LogP contribution in [0.1, 0.15) is 52.9 Å². The fourth-order valence-electron chi connectivity index (χ4n) is 3.60. The Morgan fingerprint density at radius 1 is 1.23 bits per heavy atom. The van der Waals surface area contributed by atoms with E-state index in [2.05, 4.69) is 5.32 Å². The average Bonchev–Trinajstić information content (AvgIpc) is 3.18. The number of likely N-dealkylation sites (N-methyl/N-ethyl adjacent to an activating group) is 1. The van der Waals surface area contributed by atoms with Crippen LogP contribution in [0.15, 0.2) is 0 Å². The van der Waals surface area contributed by atoms with Crippen LogP contribution in [0, 0.1) is 11.8 Å². The van der Waals surface area contributed by atoms with Crippen molar-refractivity contribution in [3.8, 4) is 0 Å². The third kappa shape index (κ3) is 6.70. The molecule has 3 amide bonds. The van der Waals surface area contributed by atoms with E-state index in [1.54, 1.807) is 0 Å². The molecule has 1 rings (SSSR count). The lowest BCUT2D eigenvalue weighted by Crippen LogP contribution is -2.55. The molecule has 0 saturated carbocycles. The summed E-state index contributed by atoms with van der Waals surface area (Å²) in [6.45, 7) is 4.63. The molecule has 0 aromatic heterocycles. The molecule has 172 valence electrons. The highest BCUT2D eigenvalue weighted by Crippen LogP contribution is 2.30. The van der Waals surface area contributed by atoms with Crippen molar-refractivity contribution < 1.29 is 32.3 Å².